The van der Waals surface area contributed by atoms with Crippen molar-refractivity contribution in [2.24, 2.45) is 0 Å². The van der Waals surface area contributed by atoms with Gasteiger partial charge in [-0.25, -0.2) is 0 Å². The Bertz CT molecular complexity index is 885. The van der Waals surface area contributed by atoms with Gasteiger partial charge in [0.05, 0.1) is 11.2 Å². The monoisotopic (exact) mass is 316 g/mol. The van der Waals surface area contributed by atoms with E-state index in [1.807, 2.05) is 0 Å². The van der Waals surface area contributed by atoms with Crippen molar-refractivity contribution < 1.29 is 0 Å². The highest BCUT2D eigenvalue weighted by Crippen LogP contribution is 2.36. The number of rotatable bonds is 2. The zero-order valence-electron chi connectivity index (χ0n) is 14.8. The van der Waals surface area contributed by atoms with Crippen molar-refractivity contribution in [1.82, 2.24) is 10.2 Å². The SMILES string of the molecule is Cc1cc(C)cc(-c2nnc3ccc(C4CCCC4)cc3c2C)c1. The van der Waals surface area contributed by atoms with Crippen molar-refractivity contribution in [1.29, 1.82) is 0 Å². The van der Waals surface area contributed by atoms with Crippen LogP contribution in [0.15, 0.2) is 36.4 Å². The molecule has 0 N–H and O–H groups in total. The molecule has 122 valence electrons. The molecule has 0 bridgehead atoms. The fourth-order valence-electron chi connectivity index (χ4n) is 4.15. The highest BCUT2D eigenvalue weighted by Gasteiger charge is 2.18. The Labute approximate surface area is 143 Å². The van der Waals surface area contributed by atoms with E-state index in [2.05, 4.69) is 67.4 Å². The van der Waals surface area contributed by atoms with E-state index in [0.717, 1.165) is 17.1 Å². The van der Waals surface area contributed by atoms with Crippen LogP contribution in [-0.4, -0.2) is 10.2 Å². The van der Waals surface area contributed by atoms with Gasteiger partial charge in [-0.2, -0.15) is 0 Å². The van der Waals surface area contributed by atoms with Crippen molar-refractivity contribution >= 4 is 10.9 Å². The van der Waals surface area contributed by atoms with Gasteiger partial charge >= 0.3 is 0 Å². The molecule has 0 unspecified atom stereocenters. The molecule has 1 aromatic heterocycles. The lowest BCUT2D eigenvalue weighted by atomic mass is 9.94. The molecular weight excluding hydrogens is 292 g/mol. The fourth-order valence-corrected chi connectivity index (χ4v) is 4.15. The average molecular weight is 316 g/mol. The largest absolute Gasteiger partial charge is 0.150 e. The van der Waals surface area contributed by atoms with Crippen LogP contribution in [0.3, 0.4) is 0 Å². The van der Waals surface area contributed by atoms with E-state index in [0.29, 0.717) is 0 Å². The maximum atomic E-state index is 4.54. The van der Waals surface area contributed by atoms with Gasteiger partial charge in [-0.05, 0) is 74.9 Å². The molecule has 2 aromatic carbocycles. The van der Waals surface area contributed by atoms with Crippen molar-refractivity contribution in [2.75, 3.05) is 0 Å². The Hall–Kier alpha value is -2.22. The number of hydrogen-bond donors (Lipinski definition) is 0. The third-order valence-electron chi connectivity index (χ3n) is 5.36. The Kier molecular flexibility index (Phi) is 3.84. The van der Waals surface area contributed by atoms with Gasteiger partial charge in [0.25, 0.3) is 0 Å². The van der Waals surface area contributed by atoms with Crippen molar-refractivity contribution in [3.05, 3.63) is 58.7 Å². The van der Waals surface area contributed by atoms with Crippen LogP contribution < -0.4 is 0 Å². The summed E-state index contributed by atoms with van der Waals surface area (Å²) >= 11 is 0. The minimum atomic E-state index is 0.728. The third kappa shape index (κ3) is 2.71. The zero-order valence-corrected chi connectivity index (χ0v) is 14.8. The first-order chi connectivity index (χ1) is 11.6. The molecule has 1 saturated carbocycles. The van der Waals surface area contributed by atoms with E-state index < -0.39 is 0 Å². The minimum absolute atomic E-state index is 0.728. The van der Waals surface area contributed by atoms with Gasteiger partial charge in [0.1, 0.15) is 0 Å². The molecular formula is C22H24N2. The third-order valence-corrected chi connectivity index (χ3v) is 5.36. The van der Waals surface area contributed by atoms with E-state index in [-0.39, 0.29) is 0 Å². The van der Waals surface area contributed by atoms with Crippen LogP contribution in [-0.2, 0) is 0 Å². The molecule has 0 radical (unpaired) electrons. The van der Waals surface area contributed by atoms with Gasteiger partial charge in [-0.1, -0.05) is 36.1 Å². The summed E-state index contributed by atoms with van der Waals surface area (Å²) in [5.74, 6) is 0.728. The van der Waals surface area contributed by atoms with Crippen molar-refractivity contribution in [3.8, 4) is 11.3 Å². The summed E-state index contributed by atoms with van der Waals surface area (Å²) in [6, 6.07) is 13.4. The molecule has 0 amide bonds. The fraction of sp³-hybridized carbons (Fsp3) is 0.364. The molecule has 0 spiro atoms. The zero-order chi connectivity index (χ0) is 16.7. The van der Waals surface area contributed by atoms with Gasteiger partial charge < -0.3 is 0 Å². The van der Waals surface area contributed by atoms with Crippen molar-refractivity contribution in [2.45, 2.75) is 52.4 Å². The van der Waals surface area contributed by atoms with Crippen LogP contribution >= 0.6 is 0 Å². The van der Waals surface area contributed by atoms with Crippen molar-refractivity contribution in [3.63, 3.8) is 0 Å². The summed E-state index contributed by atoms with van der Waals surface area (Å²) in [4.78, 5) is 0. The summed E-state index contributed by atoms with van der Waals surface area (Å²) in [6.45, 7) is 6.46. The van der Waals surface area contributed by atoms with Crippen LogP contribution in [0.1, 0.15) is 53.9 Å². The number of nitrogens with zero attached hydrogens (tertiary/aromatic N) is 2. The Morgan fingerprint density at radius 1 is 0.833 bits per heavy atom. The number of aryl methyl sites for hydroxylation is 3. The van der Waals surface area contributed by atoms with E-state index in [1.165, 1.54) is 58.9 Å². The first-order valence-electron chi connectivity index (χ1n) is 8.97. The van der Waals surface area contributed by atoms with Gasteiger partial charge in [0.2, 0.25) is 0 Å². The van der Waals surface area contributed by atoms with Gasteiger partial charge in [-0.15, -0.1) is 10.2 Å². The summed E-state index contributed by atoms with van der Waals surface area (Å²) < 4.78 is 0. The summed E-state index contributed by atoms with van der Waals surface area (Å²) in [6.07, 6.45) is 5.38. The summed E-state index contributed by atoms with van der Waals surface area (Å²) in [7, 11) is 0. The van der Waals surface area contributed by atoms with Gasteiger partial charge in [0, 0.05) is 10.9 Å². The molecule has 0 saturated heterocycles. The highest BCUT2D eigenvalue weighted by molar-refractivity contribution is 5.87. The van der Waals surface area contributed by atoms with Crippen LogP contribution in [0.4, 0.5) is 0 Å². The molecule has 0 aliphatic heterocycles. The van der Waals surface area contributed by atoms with E-state index in [4.69, 9.17) is 0 Å². The first-order valence-corrected chi connectivity index (χ1v) is 8.97. The van der Waals surface area contributed by atoms with E-state index in [1.54, 1.807) is 0 Å². The predicted octanol–water partition coefficient (Wildman–Crippen LogP) is 5.88. The molecule has 4 rings (SSSR count). The number of benzene rings is 2. The standard InChI is InChI=1S/C22H24N2/c1-14-10-15(2)12-19(11-14)22-16(3)20-13-18(17-6-4-5-7-17)8-9-21(20)23-24-22/h8-13,17H,4-7H2,1-3H3. The lowest BCUT2D eigenvalue weighted by Gasteiger charge is -2.13. The van der Waals surface area contributed by atoms with E-state index >= 15 is 0 Å². The molecule has 0 atom stereocenters. The van der Waals surface area contributed by atoms with Gasteiger partial charge in [-0.3, -0.25) is 0 Å². The summed E-state index contributed by atoms with van der Waals surface area (Å²) in [5, 5.41) is 10.3. The Morgan fingerprint density at radius 2 is 1.54 bits per heavy atom. The number of hydrogen-bond acceptors (Lipinski definition) is 2. The normalized spacial score (nSPS) is 15.3. The maximum absolute atomic E-state index is 4.54. The van der Waals surface area contributed by atoms with Crippen LogP contribution in [0.5, 0.6) is 0 Å². The average Bonchev–Trinajstić information content (AvgIpc) is 3.08. The first kappa shape index (κ1) is 15.3. The van der Waals surface area contributed by atoms with E-state index in [9.17, 15) is 0 Å². The highest BCUT2D eigenvalue weighted by atomic mass is 15.1. The van der Waals surface area contributed by atoms with Gasteiger partial charge in [0.15, 0.2) is 0 Å². The maximum Gasteiger partial charge on any atom is 0.0965 e. The molecule has 1 aliphatic carbocycles. The van der Waals surface area contributed by atoms with Crippen LogP contribution in [0, 0.1) is 20.8 Å². The second-order valence-electron chi connectivity index (χ2n) is 7.31. The molecule has 1 heterocycles. The topological polar surface area (TPSA) is 25.8 Å². The van der Waals surface area contributed by atoms with Crippen LogP contribution in [0.25, 0.3) is 22.2 Å². The Balaban J connectivity index is 1.86. The quantitative estimate of drug-likeness (QED) is 0.590. The predicted molar refractivity (Wildman–Crippen MR) is 100 cm³/mol. The number of aromatic nitrogens is 2. The minimum Gasteiger partial charge on any atom is -0.150 e. The molecule has 24 heavy (non-hydrogen) atoms. The molecule has 2 heteroatoms. The smallest absolute Gasteiger partial charge is 0.0965 e. The van der Waals surface area contributed by atoms with Crippen LogP contribution in [0.2, 0.25) is 0 Å². The second kappa shape index (κ2) is 6.01. The molecule has 2 nitrogen and oxygen atoms in total. The molecule has 1 aliphatic rings. The number of fused-ring (bicyclic) bond motifs is 1. The molecule has 1 fully saturated rings. The lowest BCUT2D eigenvalue weighted by molar-refractivity contribution is 0.724. The summed E-state index contributed by atoms with van der Waals surface area (Å²) in [5.41, 5.74) is 8.44. The Morgan fingerprint density at radius 3 is 2.25 bits per heavy atom. The lowest BCUT2D eigenvalue weighted by Crippen LogP contribution is -1.98. The second-order valence-corrected chi connectivity index (χ2v) is 7.31. The molecule has 3 aromatic rings.